The normalized spacial score (nSPS) is 10.5. The topological polar surface area (TPSA) is 62.0 Å². The number of aromatic amines is 1. The Hall–Kier alpha value is -2.40. The van der Waals surface area contributed by atoms with Gasteiger partial charge in [-0.25, -0.2) is 0 Å². The molecule has 0 saturated heterocycles. The van der Waals surface area contributed by atoms with Gasteiger partial charge in [0.15, 0.2) is 0 Å². The zero-order valence-electron chi connectivity index (χ0n) is 9.84. The highest BCUT2D eigenvalue weighted by molar-refractivity contribution is 7.17. The van der Waals surface area contributed by atoms with Gasteiger partial charge >= 0.3 is 0 Å². The summed E-state index contributed by atoms with van der Waals surface area (Å²) in [6, 6.07) is 10.6. The summed E-state index contributed by atoms with van der Waals surface area (Å²) in [5.41, 5.74) is 0.770. The van der Waals surface area contributed by atoms with Crippen molar-refractivity contribution in [2.75, 3.05) is 5.32 Å². The monoisotopic (exact) mass is 270 g/mol. The molecule has 4 nitrogen and oxygen atoms in total. The van der Waals surface area contributed by atoms with E-state index in [-0.39, 0.29) is 11.5 Å². The first kappa shape index (κ1) is 11.7. The van der Waals surface area contributed by atoms with Crippen molar-refractivity contribution in [3.05, 3.63) is 63.9 Å². The molecule has 0 radical (unpaired) electrons. The van der Waals surface area contributed by atoms with Crippen molar-refractivity contribution < 1.29 is 4.79 Å². The Morgan fingerprint density at radius 1 is 1.16 bits per heavy atom. The van der Waals surface area contributed by atoms with Crippen molar-refractivity contribution in [1.29, 1.82) is 0 Å². The molecule has 2 heterocycles. The number of rotatable bonds is 2. The van der Waals surface area contributed by atoms with Gasteiger partial charge in [0.05, 0.1) is 0 Å². The van der Waals surface area contributed by atoms with Gasteiger partial charge in [0, 0.05) is 28.2 Å². The fourth-order valence-corrected chi connectivity index (χ4v) is 2.60. The number of fused-ring (bicyclic) bond motifs is 1. The van der Waals surface area contributed by atoms with Crippen LogP contribution in [-0.4, -0.2) is 10.9 Å². The molecule has 94 valence electrons. The van der Waals surface area contributed by atoms with Gasteiger partial charge in [-0.3, -0.25) is 9.59 Å². The van der Waals surface area contributed by atoms with Gasteiger partial charge in [0.25, 0.3) is 5.91 Å². The van der Waals surface area contributed by atoms with Gasteiger partial charge in [-0.15, -0.1) is 11.3 Å². The maximum absolute atomic E-state index is 12.0. The van der Waals surface area contributed by atoms with Crippen LogP contribution < -0.4 is 10.9 Å². The fourth-order valence-electron chi connectivity index (χ4n) is 1.83. The summed E-state index contributed by atoms with van der Waals surface area (Å²) in [6.45, 7) is 0. The molecule has 2 N–H and O–H groups in total. The molecule has 2 aromatic heterocycles. The van der Waals surface area contributed by atoms with Crippen LogP contribution in [0.15, 0.2) is 52.8 Å². The van der Waals surface area contributed by atoms with Crippen molar-refractivity contribution in [3.63, 3.8) is 0 Å². The van der Waals surface area contributed by atoms with Crippen molar-refractivity contribution in [3.8, 4) is 0 Å². The second-order valence-electron chi connectivity index (χ2n) is 4.07. The number of aromatic nitrogens is 1. The third-order valence-electron chi connectivity index (χ3n) is 2.75. The van der Waals surface area contributed by atoms with Crippen LogP contribution in [0.4, 0.5) is 5.69 Å². The number of hydrogen-bond acceptors (Lipinski definition) is 3. The number of pyridine rings is 1. The first-order valence-electron chi connectivity index (χ1n) is 5.70. The average molecular weight is 270 g/mol. The van der Waals surface area contributed by atoms with E-state index in [0.29, 0.717) is 5.56 Å². The maximum atomic E-state index is 12.0. The van der Waals surface area contributed by atoms with E-state index in [1.165, 1.54) is 17.0 Å². The lowest BCUT2D eigenvalue weighted by molar-refractivity contribution is 0.102. The van der Waals surface area contributed by atoms with Gasteiger partial charge in [0.1, 0.15) is 0 Å². The van der Waals surface area contributed by atoms with Crippen molar-refractivity contribution in [1.82, 2.24) is 4.98 Å². The van der Waals surface area contributed by atoms with Crippen LogP contribution in [0.5, 0.6) is 0 Å². The molecule has 3 rings (SSSR count). The Kier molecular flexibility index (Phi) is 2.89. The van der Waals surface area contributed by atoms with Gasteiger partial charge < -0.3 is 10.3 Å². The molecule has 0 bridgehead atoms. The molecule has 0 aliphatic carbocycles. The summed E-state index contributed by atoms with van der Waals surface area (Å²) in [7, 11) is 0. The van der Waals surface area contributed by atoms with Crippen molar-refractivity contribution >= 4 is 33.0 Å². The van der Waals surface area contributed by atoms with E-state index >= 15 is 0 Å². The highest BCUT2D eigenvalue weighted by Crippen LogP contribution is 2.24. The summed E-state index contributed by atoms with van der Waals surface area (Å²) in [5, 5.41) is 5.88. The molecular weight excluding hydrogens is 260 g/mol. The Morgan fingerprint density at radius 3 is 2.89 bits per heavy atom. The molecule has 0 atom stereocenters. The fraction of sp³-hybridized carbons (Fsp3) is 0. The number of amides is 1. The first-order valence-corrected chi connectivity index (χ1v) is 6.58. The second-order valence-corrected chi connectivity index (χ2v) is 5.02. The Morgan fingerprint density at radius 2 is 2.05 bits per heavy atom. The van der Waals surface area contributed by atoms with Crippen molar-refractivity contribution in [2.24, 2.45) is 0 Å². The number of H-pyrrole nitrogens is 1. The van der Waals surface area contributed by atoms with Crippen LogP contribution in [-0.2, 0) is 0 Å². The van der Waals surface area contributed by atoms with E-state index in [2.05, 4.69) is 10.3 Å². The van der Waals surface area contributed by atoms with E-state index in [9.17, 15) is 9.59 Å². The molecule has 19 heavy (non-hydrogen) atoms. The zero-order chi connectivity index (χ0) is 13.2. The number of carbonyl (C=O) groups excluding carboxylic acids is 1. The predicted octanol–water partition coefficient (Wildman–Crippen LogP) is 2.84. The minimum Gasteiger partial charge on any atom is -0.329 e. The maximum Gasteiger partial charge on any atom is 0.255 e. The second kappa shape index (κ2) is 4.70. The Labute approximate surface area is 112 Å². The molecule has 1 aromatic carbocycles. The standard InChI is InChI=1S/C14H10N2O2S/c17-13-8-10(3-5-15-13)14(18)16-11-1-2-12-9(7-11)4-6-19-12/h1-8H,(H,15,17)(H,16,18). The van der Waals surface area contributed by atoms with Gasteiger partial charge in [0.2, 0.25) is 5.56 Å². The van der Waals surface area contributed by atoms with Gasteiger partial charge in [-0.1, -0.05) is 0 Å². The first-order chi connectivity index (χ1) is 9.22. The van der Waals surface area contributed by atoms with E-state index in [0.717, 1.165) is 11.1 Å². The zero-order valence-corrected chi connectivity index (χ0v) is 10.7. The third kappa shape index (κ3) is 2.41. The molecule has 0 unspecified atom stereocenters. The number of benzene rings is 1. The number of carbonyl (C=O) groups is 1. The van der Waals surface area contributed by atoms with Crippen LogP contribution in [0.2, 0.25) is 0 Å². The lowest BCUT2D eigenvalue weighted by atomic mass is 10.2. The third-order valence-corrected chi connectivity index (χ3v) is 3.65. The molecule has 5 heteroatoms. The van der Waals surface area contributed by atoms with E-state index in [1.807, 2.05) is 29.6 Å². The van der Waals surface area contributed by atoms with Crippen LogP contribution in [0, 0.1) is 0 Å². The number of nitrogens with one attached hydrogen (secondary N) is 2. The van der Waals surface area contributed by atoms with E-state index < -0.39 is 0 Å². The van der Waals surface area contributed by atoms with Crippen LogP contribution in [0.3, 0.4) is 0 Å². The molecule has 0 spiro atoms. The summed E-state index contributed by atoms with van der Waals surface area (Å²) in [5.74, 6) is -0.291. The Bertz CT molecular complexity index is 804. The number of thiophene rings is 1. The minimum atomic E-state index is -0.291. The van der Waals surface area contributed by atoms with Gasteiger partial charge in [-0.05, 0) is 41.1 Å². The SMILES string of the molecule is O=C(Nc1ccc2sccc2c1)c1cc[nH]c(=O)c1. The minimum absolute atomic E-state index is 0.291. The lowest BCUT2D eigenvalue weighted by Gasteiger charge is -2.05. The van der Waals surface area contributed by atoms with Crippen LogP contribution >= 0.6 is 11.3 Å². The highest BCUT2D eigenvalue weighted by atomic mass is 32.1. The van der Waals surface area contributed by atoms with Crippen molar-refractivity contribution in [2.45, 2.75) is 0 Å². The van der Waals surface area contributed by atoms with Gasteiger partial charge in [-0.2, -0.15) is 0 Å². The summed E-state index contributed by atoms with van der Waals surface area (Å²) in [4.78, 5) is 25.6. The highest BCUT2D eigenvalue weighted by Gasteiger charge is 2.07. The average Bonchev–Trinajstić information content (AvgIpc) is 2.86. The Balaban J connectivity index is 1.88. The molecular formula is C14H10N2O2S. The molecule has 0 saturated carbocycles. The van der Waals surface area contributed by atoms with E-state index in [1.54, 1.807) is 17.4 Å². The smallest absolute Gasteiger partial charge is 0.255 e. The summed E-state index contributed by atoms with van der Waals surface area (Å²) in [6.07, 6.45) is 1.46. The van der Waals surface area contributed by atoms with Crippen LogP contribution in [0.25, 0.3) is 10.1 Å². The van der Waals surface area contributed by atoms with E-state index in [4.69, 9.17) is 0 Å². The predicted molar refractivity (Wildman–Crippen MR) is 76.8 cm³/mol. The summed E-state index contributed by atoms with van der Waals surface area (Å²) >= 11 is 1.66. The quantitative estimate of drug-likeness (QED) is 0.752. The molecule has 0 aliphatic heterocycles. The molecule has 3 aromatic rings. The largest absolute Gasteiger partial charge is 0.329 e. The summed E-state index contributed by atoms with van der Waals surface area (Å²) < 4.78 is 1.18. The number of hydrogen-bond donors (Lipinski definition) is 2. The molecule has 0 fully saturated rings. The lowest BCUT2D eigenvalue weighted by Crippen LogP contribution is -2.15. The molecule has 0 aliphatic rings. The number of anilines is 1. The molecule has 1 amide bonds. The van der Waals surface area contributed by atoms with Crippen LogP contribution in [0.1, 0.15) is 10.4 Å².